The van der Waals surface area contributed by atoms with Gasteiger partial charge in [0.15, 0.2) is 0 Å². The zero-order chi connectivity index (χ0) is 15.7. The number of carboxylic acid groups (broad SMARTS) is 1. The average Bonchev–Trinajstić information content (AvgIpc) is 2.42. The van der Waals surface area contributed by atoms with Crippen LogP contribution in [-0.2, 0) is 16.1 Å². The highest BCUT2D eigenvalue weighted by molar-refractivity contribution is 5.94. The Morgan fingerprint density at radius 3 is 2.62 bits per heavy atom. The predicted octanol–water partition coefficient (Wildman–Crippen LogP) is 1.36. The number of urea groups is 1. The molecule has 0 aliphatic heterocycles. The molecule has 0 saturated heterocycles. The van der Waals surface area contributed by atoms with Gasteiger partial charge in [-0.25, -0.2) is 4.79 Å². The Balaban J connectivity index is 2.22. The van der Waals surface area contributed by atoms with Crippen LogP contribution in [0.5, 0.6) is 0 Å². The number of amides is 3. The number of carboxylic acids is 1. The third-order valence-corrected chi connectivity index (χ3v) is 2.83. The zero-order valence-corrected chi connectivity index (χ0v) is 11.9. The van der Waals surface area contributed by atoms with Gasteiger partial charge in [0.05, 0.1) is 12.2 Å². The number of aryl methyl sites for hydroxylation is 1. The molecule has 0 unspecified atom stereocenters. The molecule has 1 aromatic rings. The first kappa shape index (κ1) is 16.6. The SMILES string of the molecule is Cc1cccnc1CNC(=O)NC(=O)CCCCC(=O)O. The van der Waals surface area contributed by atoms with Gasteiger partial charge in [0.25, 0.3) is 0 Å². The van der Waals surface area contributed by atoms with Crippen molar-refractivity contribution in [1.29, 1.82) is 0 Å². The largest absolute Gasteiger partial charge is 0.481 e. The molecule has 0 bridgehead atoms. The number of carbonyl (C=O) groups is 3. The smallest absolute Gasteiger partial charge is 0.321 e. The molecule has 3 amide bonds. The van der Waals surface area contributed by atoms with E-state index in [1.54, 1.807) is 12.3 Å². The fourth-order valence-corrected chi connectivity index (χ4v) is 1.66. The van der Waals surface area contributed by atoms with E-state index in [1.807, 2.05) is 13.0 Å². The first-order valence-corrected chi connectivity index (χ1v) is 6.69. The van der Waals surface area contributed by atoms with Crippen LogP contribution in [0, 0.1) is 6.92 Å². The van der Waals surface area contributed by atoms with Crippen LogP contribution in [0.25, 0.3) is 0 Å². The van der Waals surface area contributed by atoms with E-state index in [0.29, 0.717) is 12.8 Å². The molecule has 1 aromatic heterocycles. The van der Waals surface area contributed by atoms with Crippen LogP contribution in [0.3, 0.4) is 0 Å². The summed E-state index contributed by atoms with van der Waals surface area (Å²) in [6.45, 7) is 2.13. The number of aromatic nitrogens is 1. The normalized spacial score (nSPS) is 9.95. The minimum atomic E-state index is -0.890. The van der Waals surface area contributed by atoms with Gasteiger partial charge >= 0.3 is 12.0 Å². The van der Waals surface area contributed by atoms with E-state index in [-0.39, 0.29) is 19.4 Å². The third kappa shape index (κ3) is 7.05. The van der Waals surface area contributed by atoms with Crippen molar-refractivity contribution in [3.05, 3.63) is 29.6 Å². The fourth-order valence-electron chi connectivity index (χ4n) is 1.66. The van der Waals surface area contributed by atoms with Gasteiger partial charge in [-0.05, 0) is 31.4 Å². The molecule has 0 spiro atoms. The van der Waals surface area contributed by atoms with Crippen LogP contribution in [0.2, 0.25) is 0 Å². The lowest BCUT2D eigenvalue weighted by Gasteiger charge is -2.07. The van der Waals surface area contributed by atoms with Crippen LogP contribution in [0.15, 0.2) is 18.3 Å². The summed E-state index contributed by atoms with van der Waals surface area (Å²) in [5.74, 6) is -1.31. The lowest BCUT2D eigenvalue weighted by Crippen LogP contribution is -2.39. The lowest BCUT2D eigenvalue weighted by molar-refractivity contribution is -0.137. The summed E-state index contributed by atoms with van der Waals surface area (Å²) in [7, 11) is 0. The van der Waals surface area contributed by atoms with Gasteiger partial charge in [-0.15, -0.1) is 0 Å². The van der Waals surface area contributed by atoms with Crippen molar-refractivity contribution in [3.63, 3.8) is 0 Å². The number of aliphatic carboxylic acids is 1. The summed E-state index contributed by atoms with van der Waals surface area (Å²) in [6.07, 6.45) is 2.64. The molecule has 7 nitrogen and oxygen atoms in total. The van der Waals surface area contributed by atoms with Crippen LogP contribution in [0.1, 0.15) is 36.9 Å². The summed E-state index contributed by atoms with van der Waals surface area (Å²) in [6, 6.07) is 3.11. The van der Waals surface area contributed by atoms with Gasteiger partial charge < -0.3 is 10.4 Å². The molecule has 3 N–H and O–H groups in total. The number of nitrogens with zero attached hydrogens (tertiary/aromatic N) is 1. The molecular weight excluding hydrogens is 274 g/mol. The van der Waals surface area contributed by atoms with Crippen LogP contribution < -0.4 is 10.6 Å². The summed E-state index contributed by atoms with van der Waals surface area (Å²) in [5.41, 5.74) is 1.69. The highest BCUT2D eigenvalue weighted by atomic mass is 16.4. The van der Waals surface area contributed by atoms with Crippen LogP contribution in [0.4, 0.5) is 4.79 Å². The molecule has 21 heavy (non-hydrogen) atoms. The Labute approximate surface area is 122 Å². The van der Waals surface area contributed by atoms with Gasteiger partial charge in [-0.2, -0.15) is 0 Å². The number of hydrogen-bond donors (Lipinski definition) is 3. The second-order valence-electron chi connectivity index (χ2n) is 4.60. The van der Waals surface area contributed by atoms with Crippen molar-refractivity contribution in [2.45, 2.75) is 39.2 Å². The van der Waals surface area contributed by atoms with Gasteiger partial charge in [-0.1, -0.05) is 6.07 Å². The highest BCUT2D eigenvalue weighted by Crippen LogP contribution is 2.02. The molecule has 0 atom stereocenters. The maximum Gasteiger partial charge on any atom is 0.321 e. The molecule has 1 heterocycles. The number of carbonyl (C=O) groups excluding carboxylic acids is 2. The predicted molar refractivity (Wildman–Crippen MR) is 75.5 cm³/mol. The van der Waals surface area contributed by atoms with Gasteiger partial charge in [0, 0.05) is 19.0 Å². The summed E-state index contributed by atoms with van der Waals surface area (Å²) >= 11 is 0. The second-order valence-corrected chi connectivity index (χ2v) is 4.60. The van der Waals surface area contributed by atoms with Crippen molar-refractivity contribution in [3.8, 4) is 0 Å². The average molecular weight is 293 g/mol. The molecule has 7 heteroatoms. The Kier molecular flexibility index (Phi) is 6.86. The van der Waals surface area contributed by atoms with Gasteiger partial charge in [0.2, 0.25) is 5.91 Å². The minimum absolute atomic E-state index is 0.0262. The van der Waals surface area contributed by atoms with Crippen molar-refractivity contribution < 1.29 is 19.5 Å². The number of hydrogen-bond acceptors (Lipinski definition) is 4. The van der Waals surface area contributed by atoms with Gasteiger partial charge in [-0.3, -0.25) is 19.9 Å². The maximum atomic E-state index is 11.5. The summed E-state index contributed by atoms with van der Waals surface area (Å²) in [4.78, 5) is 37.4. The standard InChI is InChI=1S/C14H19N3O4/c1-10-5-4-8-15-11(10)9-16-14(21)17-12(18)6-2-3-7-13(19)20/h4-5,8H,2-3,6-7,9H2,1H3,(H,19,20)(H2,16,17,18,21). The molecule has 0 aliphatic carbocycles. The van der Waals surface area contributed by atoms with Crippen molar-refractivity contribution in [2.24, 2.45) is 0 Å². The third-order valence-electron chi connectivity index (χ3n) is 2.83. The molecule has 0 aromatic carbocycles. The van der Waals surface area contributed by atoms with E-state index >= 15 is 0 Å². The number of pyridine rings is 1. The Morgan fingerprint density at radius 1 is 1.24 bits per heavy atom. The van der Waals surface area contributed by atoms with Gasteiger partial charge in [0.1, 0.15) is 0 Å². The van der Waals surface area contributed by atoms with Crippen molar-refractivity contribution >= 4 is 17.9 Å². The number of unbranched alkanes of at least 4 members (excludes halogenated alkanes) is 1. The summed E-state index contributed by atoms with van der Waals surface area (Å²) in [5, 5.41) is 13.2. The van der Waals surface area contributed by atoms with E-state index in [0.717, 1.165) is 11.3 Å². The Hall–Kier alpha value is -2.44. The fraction of sp³-hybridized carbons (Fsp3) is 0.429. The number of imide groups is 1. The highest BCUT2D eigenvalue weighted by Gasteiger charge is 2.08. The van der Waals surface area contributed by atoms with Crippen LogP contribution in [-0.4, -0.2) is 28.0 Å². The Morgan fingerprint density at radius 2 is 1.95 bits per heavy atom. The quantitative estimate of drug-likeness (QED) is 0.658. The van der Waals surface area contributed by atoms with Crippen LogP contribution >= 0.6 is 0 Å². The van der Waals surface area contributed by atoms with E-state index in [9.17, 15) is 14.4 Å². The van der Waals surface area contributed by atoms with E-state index < -0.39 is 17.9 Å². The molecule has 0 saturated carbocycles. The second kappa shape index (κ2) is 8.68. The maximum absolute atomic E-state index is 11.5. The van der Waals surface area contributed by atoms with E-state index in [2.05, 4.69) is 15.6 Å². The molecule has 0 radical (unpaired) electrons. The number of rotatable bonds is 7. The monoisotopic (exact) mass is 293 g/mol. The molecule has 114 valence electrons. The van der Waals surface area contributed by atoms with E-state index in [1.165, 1.54) is 0 Å². The molecular formula is C14H19N3O4. The number of nitrogens with one attached hydrogen (secondary N) is 2. The zero-order valence-electron chi connectivity index (χ0n) is 11.9. The molecule has 0 aliphatic rings. The van der Waals surface area contributed by atoms with E-state index in [4.69, 9.17) is 5.11 Å². The minimum Gasteiger partial charge on any atom is -0.481 e. The summed E-state index contributed by atoms with van der Waals surface area (Å²) < 4.78 is 0. The topological polar surface area (TPSA) is 108 Å². The Bertz CT molecular complexity index is 517. The van der Waals surface area contributed by atoms with Crippen molar-refractivity contribution in [2.75, 3.05) is 0 Å². The first-order valence-electron chi connectivity index (χ1n) is 6.69. The molecule has 1 rings (SSSR count). The molecule has 0 fully saturated rings. The lowest BCUT2D eigenvalue weighted by atomic mass is 10.2. The first-order chi connectivity index (χ1) is 9.99. The van der Waals surface area contributed by atoms with Crippen molar-refractivity contribution in [1.82, 2.24) is 15.6 Å².